The topological polar surface area (TPSA) is 29.1 Å². The summed E-state index contributed by atoms with van der Waals surface area (Å²) in [5, 5.41) is 3.10. The molecule has 126 valence electrons. The third-order valence-corrected chi connectivity index (χ3v) is 4.13. The van der Waals surface area contributed by atoms with E-state index in [1.54, 1.807) is 12.1 Å². The van der Waals surface area contributed by atoms with Gasteiger partial charge >= 0.3 is 0 Å². The molecule has 0 aliphatic heterocycles. The van der Waals surface area contributed by atoms with E-state index in [0.717, 1.165) is 16.7 Å². The highest BCUT2D eigenvalue weighted by Crippen LogP contribution is 2.22. The zero-order valence-electron chi connectivity index (χ0n) is 14.1. The number of hydrogen-bond donors (Lipinski definition) is 1. The van der Waals surface area contributed by atoms with Gasteiger partial charge in [0.25, 0.3) is 0 Å². The summed E-state index contributed by atoms with van der Waals surface area (Å²) in [4.78, 5) is 12.5. The molecule has 0 unspecified atom stereocenters. The summed E-state index contributed by atoms with van der Waals surface area (Å²) in [7, 11) is 0. The monoisotopic (exact) mass is 333 g/mol. The maximum atomic E-state index is 13.0. The average Bonchev–Trinajstić information content (AvgIpc) is 2.63. The van der Waals surface area contributed by atoms with Gasteiger partial charge in [-0.15, -0.1) is 0 Å². The van der Waals surface area contributed by atoms with Gasteiger partial charge < -0.3 is 5.32 Å². The molecule has 2 nitrogen and oxygen atoms in total. The molecule has 0 spiro atoms. The summed E-state index contributed by atoms with van der Waals surface area (Å²) >= 11 is 0. The van der Waals surface area contributed by atoms with E-state index in [9.17, 15) is 9.18 Å². The molecule has 25 heavy (non-hydrogen) atoms. The number of nitrogens with one attached hydrogen (secondary N) is 1. The molecule has 0 aromatic heterocycles. The number of benzene rings is 3. The summed E-state index contributed by atoms with van der Waals surface area (Å²) in [6, 6.07) is 23.8. The molecular weight excluding hydrogens is 313 g/mol. The van der Waals surface area contributed by atoms with E-state index in [0.29, 0.717) is 0 Å². The first kappa shape index (κ1) is 16.9. The number of carbonyl (C=O) groups is 1. The van der Waals surface area contributed by atoms with E-state index in [2.05, 4.69) is 5.32 Å². The third kappa shape index (κ3) is 4.54. The summed E-state index contributed by atoms with van der Waals surface area (Å²) in [6.45, 7) is 2.04. The summed E-state index contributed by atoms with van der Waals surface area (Å²) < 4.78 is 13.0. The Labute approximate surface area is 147 Å². The van der Waals surface area contributed by atoms with Crippen LogP contribution in [-0.4, -0.2) is 5.91 Å². The SMILES string of the molecule is Cc1ccc([C@H](NC(=O)Cc2ccc(F)cc2)c2ccccc2)cc1. The quantitative estimate of drug-likeness (QED) is 0.727. The van der Waals surface area contributed by atoms with Crippen molar-refractivity contribution in [1.82, 2.24) is 5.32 Å². The molecule has 0 bridgehead atoms. The van der Waals surface area contributed by atoms with E-state index in [-0.39, 0.29) is 24.2 Å². The molecule has 0 saturated heterocycles. The van der Waals surface area contributed by atoms with E-state index in [4.69, 9.17) is 0 Å². The highest BCUT2D eigenvalue weighted by molar-refractivity contribution is 5.79. The van der Waals surface area contributed by atoms with Crippen LogP contribution in [0.5, 0.6) is 0 Å². The van der Waals surface area contributed by atoms with Gasteiger partial charge in [-0.2, -0.15) is 0 Å². The Bertz CT molecular complexity index is 826. The lowest BCUT2D eigenvalue weighted by atomic mass is 9.97. The minimum Gasteiger partial charge on any atom is -0.345 e. The van der Waals surface area contributed by atoms with Crippen LogP contribution in [0.15, 0.2) is 78.9 Å². The van der Waals surface area contributed by atoms with Crippen molar-refractivity contribution in [3.8, 4) is 0 Å². The second-order valence-electron chi connectivity index (χ2n) is 6.13. The van der Waals surface area contributed by atoms with Crippen LogP contribution in [0.2, 0.25) is 0 Å². The molecule has 3 rings (SSSR count). The van der Waals surface area contributed by atoms with Gasteiger partial charge in [0.1, 0.15) is 5.82 Å². The van der Waals surface area contributed by atoms with Crippen molar-refractivity contribution >= 4 is 5.91 Å². The Kier molecular flexibility index (Phi) is 5.24. The molecule has 0 radical (unpaired) electrons. The molecule has 1 amide bonds. The molecule has 3 aromatic carbocycles. The normalized spacial score (nSPS) is 11.8. The Hall–Kier alpha value is -2.94. The first-order valence-electron chi connectivity index (χ1n) is 8.27. The molecule has 0 fully saturated rings. The van der Waals surface area contributed by atoms with Crippen molar-refractivity contribution in [2.45, 2.75) is 19.4 Å². The zero-order chi connectivity index (χ0) is 17.6. The number of carbonyl (C=O) groups excluding carboxylic acids is 1. The average molecular weight is 333 g/mol. The standard InChI is InChI=1S/C22H20FNO/c1-16-7-11-19(12-8-16)22(18-5-3-2-4-6-18)24-21(25)15-17-9-13-20(23)14-10-17/h2-14,22H,15H2,1H3,(H,24,25)/t22-/m1/s1. The van der Waals surface area contributed by atoms with E-state index in [1.165, 1.54) is 17.7 Å². The lowest BCUT2D eigenvalue weighted by Crippen LogP contribution is -2.30. The fraction of sp³-hybridized carbons (Fsp3) is 0.136. The molecule has 0 saturated carbocycles. The van der Waals surface area contributed by atoms with Gasteiger partial charge in [-0.3, -0.25) is 4.79 Å². The lowest BCUT2D eigenvalue weighted by Gasteiger charge is -2.20. The Balaban J connectivity index is 1.81. The highest BCUT2D eigenvalue weighted by atomic mass is 19.1. The summed E-state index contributed by atoms with van der Waals surface area (Å²) in [5.74, 6) is -0.396. The fourth-order valence-electron chi connectivity index (χ4n) is 2.76. The van der Waals surface area contributed by atoms with Crippen LogP contribution in [0.25, 0.3) is 0 Å². The molecule has 0 aliphatic rings. The predicted molar refractivity (Wildman–Crippen MR) is 97.7 cm³/mol. The van der Waals surface area contributed by atoms with Gasteiger partial charge in [-0.1, -0.05) is 72.3 Å². The van der Waals surface area contributed by atoms with Gasteiger partial charge in [0, 0.05) is 0 Å². The smallest absolute Gasteiger partial charge is 0.225 e. The van der Waals surface area contributed by atoms with Crippen LogP contribution >= 0.6 is 0 Å². The first-order valence-corrected chi connectivity index (χ1v) is 8.27. The van der Waals surface area contributed by atoms with Crippen molar-refractivity contribution in [3.05, 3.63) is 107 Å². The van der Waals surface area contributed by atoms with Gasteiger partial charge in [-0.25, -0.2) is 4.39 Å². The molecule has 3 heteroatoms. The second kappa shape index (κ2) is 7.75. The maximum absolute atomic E-state index is 13.0. The van der Waals surface area contributed by atoms with E-state index in [1.807, 2.05) is 61.5 Å². The van der Waals surface area contributed by atoms with Crippen LogP contribution in [0, 0.1) is 12.7 Å². The first-order chi connectivity index (χ1) is 12.1. The van der Waals surface area contributed by atoms with Crippen molar-refractivity contribution in [1.29, 1.82) is 0 Å². The van der Waals surface area contributed by atoms with Gasteiger partial charge in [0.2, 0.25) is 5.91 Å². The summed E-state index contributed by atoms with van der Waals surface area (Å²) in [5.41, 5.74) is 4.02. The molecule has 1 N–H and O–H groups in total. The fourth-order valence-corrected chi connectivity index (χ4v) is 2.76. The van der Waals surface area contributed by atoms with Crippen LogP contribution in [0.4, 0.5) is 4.39 Å². The highest BCUT2D eigenvalue weighted by Gasteiger charge is 2.16. The van der Waals surface area contributed by atoms with Gasteiger partial charge in [-0.05, 0) is 35.7 Å². The van der Waals surface area contributed by atoms with Crippen molar-refractivity contribution < 1.29 is 9.18 Å². The number of halogens is 1. The minimum absolute atomic E-state index is 0.0963. The molecule has 3 aromatic rings. The van der Waals surface area contributed by atoms with Crippen molar-refractivity contribution in [3.63, 3.8) is 0 Å². The number of rotatable bonds is 5. The number of aryl methyl sites for hydroxylation is 1. The van der Waals surface area contributed by atoms with E-state index >= 15 is 0 Å². The van der Waals surface area contributed by atoms with Crippen LogP contribution in [0.3, 0.4) is 0 Å². The Morgan fingerprint density at radius 1 is 0.880 bits per heavy atom. The van der Waals surface area contributed by atoms with Gasteiger partial charge in [0.05, 0.1) is 12.5 Å². The largest absolute Gasteiger partial charge is 0.345 e. The summed E-state index contributed by atoms with van der Waals surface area (Å²) in [6.07, 6.45) is 0.218. The number of hydrogen-bond acceptors (Lipinski definition) is 1. The Morgan fingerprint density at radius 3 is 2.12 bits per heavy atom. The molecular formula is C22H20FNO. The van der Waals surface area contributed by atoms with Crippen molar-refractivity contribution in [2.75, 3.05) is 0 Å². The lowest BCUT2D eigenvalue weighted by molar-refractivity contribution is -0.120. The van der Waals surface area contributed by atoms with Crippen molar-refractivity contribution in [2.24, 2.45) is 0 Å². The molecule has 0 heterocycles. The number of amides is 1. The molecule has 0 aliphatic carbocycles. The maximum Gasteiger partial charge on any atom is 0.225 e. The Morgan fingerprint density at radius 2 is 1.48 bits per heavy atom. The van der Waals surface area contributed by atoms with Crippen LogP contribution < -0.4 is 5.32 Å². The van der Waals surface area contributed by atoms with Gasteiger partial charge in [0.15, 0.2) is 0 Å². The minimum atomic E-state index is -0.300. The third-order valence-electron chi connectivity index (χ3n) is 4.13. The second-order valence-corrected chi connectivity index (χ2v) is 6.13. The molecule has 1 atom stereocenters. The van der Waals surface area contributed by atoms with Crippen LogP contribution in [-0.2, 0) is 11.2 Å². The zero-order valence-corrected chi connectivity index (χ0v) is 14.1. The van der Waals surface area contributed by atoms with Crippen LogP contribution in [0.1, 0.15) is 28.3 Å². The van der Waals surface area contributed by atoms with E-state index < -0.39 is 0 Å². The predicted octanol–water partition coefficient (Wildman–Crippen LogP) is 4.58.